The van der Waals surface area contributed by atoms with Crippen molar-refractivity contribution in [3.05, 3.63) is 30.0 Å². The largest absolute Gasteiger partial charge is 0.534 e. The summed E-state index contributed by atoms with van der Waals surface area (Å²) in [5, 5.41) is 0.682. The van der Waals surface area contributed by atoms with Gasteiger partial charge in [-0.25, -0.2) is 0 Å². The van der Waals surface area contributed by atoms with E-state index >= 15 is 0 Å². The van der Waals surface area contributed by atoms with E-state index in [9.17, 15) is 21.6 Å². The molecule has 1 aliphatic rings. The van der Waals surface area contributed by atoms with Gasteiger partial charge in [-0.3, -0.25) is 0 Å². The summed E-state index contributed by atoms with van der Waals surface area (Å²) in [5.74, 6) is 0.267. The molecular formula is C16H18F3NO4S. The van der Waals surface area contributed by atoms with E-state index in [0.717, 1.165) is 19.2 Å². The van der Waals surface area contributed by atoms with Gasteiger partial charge in [-0.1, -0.05) is 0 Å². The molecule has 0 spiro atoms. The molecule has 5 nitrogen and oxygen atoms in total. The van der Waals surface area contributed by atoms with Crippen LogP contribution in [0.25, 0.3) is 11.0 Å². The molecule has 138 valence electrons. The summed E-state index contributed by atoms with van der Waals surface area (Å²) >= 11 is 0. The van der Waals surface area contributed by atoms with Gasteiger partial charge in [0.05, 0.1) is 0 Å². The highest BCUT2D eigenvalue weighted by Crippen LogP contribution is 2.30. The van der Waals surface area contributed by atoms with Crippen molar-refractivity contribution in [1.82, 2.24) is 4.90 Å². The molecular weight excluding hydrogens is 359 g/mol. The lowest BCUT2D eigenvalue weighted by Gasteiger charge is -2.19. The van der Waals surface area contributed by atoms with Crippen LogP contribution in [0.4, 0.5) is 13.2 Å². The monoisotopic (exact) mass is 377 g/mol. The van der Waals surface area contributed by atoms with Gasteiger partial charge in [0.15, 0.2) is 0 Å². The lowest BCUT2D eigenvalue weighted by atomic mass is 10.2. The van der Waals surface area contributed by atoms with E-state index in [1.807, 2.05) is 0 Å². The molecule has 0 N–H and O–H groups in total. The topological polar surface area (TPSA) is 59.8 Å². The molecule has 0 bridgehead atoms. The predicted molar refractivity (Wildman–Crippen MR) is 85.8 cm³/mol. The zero-order valence-corrected chi connectivity index (χ0v) is 14.4. The second-order valence-electron chi connectivity index (χ2n) is 6.17. The Balaban J connectivity index is 1.73. The third-order valence-electron chi connectivity index (χ3n) is 4.37. The molecule has 25 heavy (non-hydrogen) atoms. The van der Waals surface area contributed by atoms with E-state index < -0.39 is 21.4 Å². The Morgan fingerprint density at radius 2 is 2.08 bits per heavy atom. The summed E-state index contributed by atoms with van der Waals surface area (Å²) in [5.41, 5.74) is -5.18. The van der Waals surface area contributed by atoms with Gasteiger partial charge in [0.2, 0.25) is 0 Å². The van der Waals surface area contributed by atoms with Crippen molar-refractivity contribution in [2.24, 2.45) is 0 Å². The molecule has 9 heteroatoms. The van der Waals surface area contributed by atoms with Crippen LogP contribution in [-0.2, 0) is 16.5 Å². The van der Waals surface area contributed by atoms with Gasteiger partial charge in [-0.15, -0.1) is 0 Å². The van der Waals surface area contributed by atoms with Crippen molar-refractivity contribution in [2.45, 2.75) is 37.7 Å². The van der Waals surface area contributed by atoms with Gasteiger partial charge in [-0.2, -0.15) is 21.6 Å². The first-order valence-corrected chi connectivity index (χ1v) is 9.34. The standard InChI is InChI=1S/C16H18F3NO4S/c1-11-3-2-7-20(11)8-6-13-9-12-4-5-14(10-15(12)23-13)24-25(21,22)16(17,18)19/h4-5,9-11H,2-3,6-8H2,1H3. The molecule has 1 fully saturated rings. The summed E-state index contributed by atoms with van der Waals surface area (Å²) in [6.07, 6.45) is 3.03. The minimum absolute atomic E-state index is 0.291. The Hall–Kier alpha value is -1.74. The molecule has 1 aromatic heterocycles. The molecule has 2 heterocycles. The third kappa shape index (κ3) is 3.92. The fraction of sp³-hybridized carbons (Fsp3) is 0.500. The van der Waals surface area contributed by atoms with Gasteiger partial charge in [0.25, 0.3) is 0 Å². The first-order valence-electron chi connectivity index (χ1n) is 7.93. The zero-order chi connectivity index (χ0) is 18.2. The molecule has 0 aliphatic carbocycles. The fourth-order valence-corrected chi connectivity index (χ4v) is 3.45. The van der Waals surface area contributed by atoms with Crippen molar-refractivity contribution in [2.75, 3.05) is 13.1 Å². The summed E-state index contributed by atoms with van der Waals surface area (Å²) in [7, 11) is -5.69. The highest BCUT2D eigenvalue weighted by molar-refractivity contribution is 7.88. The van der Waals surface area contributed by atoms with Gasteiger partial charge in [0, 0.05) is 30.5 Å². The average Bonchev–Trinajstić information content (AvgIpc) is 3.08. The van der Waals surface area contributed by atoms with Crippen molar-refractivity contribution in [1.29, 1.82) is 0 Å². The molecule has 0 amide bonds. The second kappa shape index (κ2) is 6.53. The van der Waals surface area contributed by atoms with Crippen LogP contribution < -0.4 is 4.18 Å². The van der Waals surface area contributed by atoms with Gasteiger partial charge < -0.3 is 13.5 Å². The number of furan rings is 1. The highest BCUT2D eigenvalue weighted by Gasteiger charge is 2.48. The molecule has 0 radical (unpaired) electrons. The molecule has 3 rings (SSSR count). The summed E-state index contributed by atoms with van der Waals surface area (Å²) in [6.45, 7) is 4.07. The highest BCUT2D eigenvalue weighted by atomic mass is 32.2. The zero-order valence-electron chi connectivity index (χ0n) is 13.5. The number of alkyl halides is 3. The molecule has 1 aromatic carbocycles. The van der Waals surface area contributed by atoms with E-state index in [-0.39, 0.29) is 0 Å². The first-order chi connectivity index (χ1) is 11.7. The minimum Gasteiger partial charge on any atom is -0.461 e. The van der Waals surface area contributed by atoms with Crippen molar-refractivity contribution in [3.8, 4) is 5.75 Å². The lowest BCUT2D eigenvalue weighted by Crippen LogP contribution is -2.28. The molecule has 1 atom stereocenters. The third-order valence-corrected chi connectivity index (χ3v) is 5.35. The van der Waals surface area contributed by atoms with Crippen LogP contribution in [0, 0.1) is 0 Å². The van der Waals surface area contributed by atoms with Gasteiger partial charge in [0.1, 0.15) is 17.1 Å². The van der Waals surface area contributed by atoms with Gasteiger partial charge >= 0.3 is 15.6 Å². The summed E-state index contributed by atoms with van der Waals surface area (Å²) < 4.78 is 69.0. The molecule has 1 saturated heterocycles. The molecule has 1 aliphatic heterocycles. The minimum atomic E-state index is -5.69. The van der Waals surface area contributed by atoms with E-state index in [1.165, 1.54) is 25.0 Å². The number of rotatable bonds is 5. The van der Waals surface area contributed by atoms with E-state index in [4.69, 9.17) is 4.42 Å². The van der Waals surface area contributed by atoms with Crippen LogP contribution in [0.15, 0.2) is 28.7 Å². The SMILES string of the molecule is CC1CCCN1CCc1cc2ccc(OS(=O)(=O)C(F)(F)F)cc2o1. The Morgan fingerprint density at radius 1 is 1.32 bits per heavy atom. The number of nitrogens with zero attached hydrogens (tertiary/aromatic N) is 1. The molecule has 0 saturated carbocycles. The number of fused-ring (bicyclic) bond motifs is 1. The number of benzene rings is 1. The van der Waals surface area contributed by atoms with Crippen LogP contribution in [-0.4, -0.2) is 38.0 Å². The maximum atomic E-state index is 12.4. The number of halogens is 3. The smallest absolute Gasteiger partial charge is 0.461 e. The average molecular weight is 377 g/mol. The Labute approximate surface area is 143 Å². The lowest BCUT2D eigenvalue weighted by molar-refractivity contribution is -0.0500. The van der Waals surface area contributed by atoms with E-state index in [0.29, 0.717) is 29.2 Å². The quantitative estimate of drug-likeness (QED) is 0.588. The maximum Gasteiger partial charge on any atom is 0.534 e. The van der Waals surface area contributed by atoms with Gasteiger partial charge in [-0.05, 0) is 44.5 Å². The summed E-state index contributed by atoms with van der Waals surface area (Å²) in [6, 6.07) is 6.14. The van der Waals surface area contributed by atoms with Crippen LogP contribution >= 0.6 is 0 Å². The Kier molecular flexibility index (Phi) is 4.72. The normalized spacial score (nSPS) is 19.6. The number of hydrogen-bond acceptors (Lipinski definition) is 5. The second-order valence-corrected chi connectivity index (χ2v) is 7.71. The Bertz CT molecular complexity index is 860. The number of hydrogen-bond donors (Lipinski definition) is 0. The van der Waals surface area contributed by atoms with Crippen molar-refractivity contribution < 1.29 is 30.2 Å². The molecule has 1 unspecified atom stereocenters. The van der Waals surface area contributed by atoms with E-state index in [1.54, 1.807) is 6.07 Å². The van der Waals surface area contributed by atoms with Crippen LogP contribution in [0.5, 0.6) is 5.75 Å². The molecule has 2 aromatic rings. The fourth-order valence-electron chi connectivity index (χ4n) is 2.99. The van der Waals surface area contributed by atoms with E-state index in [2.05, 4.69) is 16.0 Å². The maximum absolute atomic E-state index is 12.4. The Morgan fingerprint density at radius 3 is 2.72 bits per heavy atom. The van der Waals surface area contributed by atoms with Crippen LogP contribution in [0.3, 0.4) is 0 Å². The predicted octanol–water partition coefficient (Wildman–Crippen LogP) is 3.69. The van der Waals surface area contributed by atoms with Crippen molar-refractivity contribution >= 4 is 21.1 Å². The number of likely N-dealkylation sites (tertiary alicyclic amines) is 1. The first kappa shape index (κ1) is 18.1. The summed E-state index contributed by atoms with van der Waals surface area (Å²) in [4.78, 5) is 2.36. The van der Waals surface area contributed by atoms with Crippen molar-refractivity contribution in [3.63, 3.8) is 0 Å². The van der Waals surface area contributed by atoms with Crippen LogP contribution in [0.1, 0.15) is 25.5 Å². The van der Waals surface area contributed by atoms with Crippen LogP contribution in [0.2, 0.25) is 0 Å².